The molecule has 1 aromatic carbocycles. The van der Waals surface area contributed by atoms with E-state index in [2.05, 4.69) is 34.9 Å². The van der Waals surface area contributed by atoms with E-state index in [-0.39, 0.29) is 0 Å². The molecule has 2 rings (SSSR count). The second-order valence-electron chi connectivity index (χ2n) is 3.70. The first kappa shape index (κ1) is 8.70. The topological polar surface area (TPSA) is 0 Å². The number of hydrogen-bond acceptors (Lipinski definition) is 0. The second-order valence-corrected chi connectivity index (χ2v) is 18.6. The van der Waals surface area contributed by atoms with Gasteiger partial charge in [0.25, 0.3) is 0 Å². The molecular formula is C11H16Po. The molecule has 0 radical (unpaired) electrons. The Hall–Kier alpha value is 0.116. The summed E-state index contributed by atoms with van der Waals surface area (Å²) in [5.74, 6) is 0. The van der Waals surface area contributed by atoms with Gasteiger partial charge in [-0.15, -0.1) is 0 Å². The fourth-order valence-corrected chi connectivity index (χ4v) is 14.3. The summed E-state index contributed by atoms with van der Waals surface area (Å²) in [6.07, 6.45) is 3.00. The van der Waals surface area contributed by atoms with E-state index in [9.17, 15) is 0 Å². The van der Waals surface area contributed by atoms with Crippen molar-refractivity contribution in [3.63, 3.8) is 0 Å². The fourth-order valence-electron chi connectivity index (χ4n) is 1.93. The Morgan fingerprint density at radius 3 is 2.17 bits per heavy atom. The molecule has 0 atom stereocenters. The third-order valence-electron chi connectivity index (χ3n) is 2.75. The van der Waals surface area contributed by atoms with Crippen LogP contribution in [0, 0.1) is 0 Å². The molecule has 12 heavy (non-hydrogen) atoms. The Labute approximate surface area is 79.5 Å². The van der Waals surface area contributed by atoms with Crippen LogP contribution in [0.5, 0.6) is 0 Å². The number of benzene rings is 1. The Morgan fingerprint density at radius 2 is 1.58 bits per heavy atom. The molecule has 1 aliphatic rings. The van der Waals surface area contributed by atoms with Gasteiger partial charge in [0.05, 0.1) is 0 Å². The van der Waals surface area contributed by atoms with Crippen molar-refractivity contribution in [2.24, 2.45) is 0 Å². The molecule has 0 aromatic heterocycles. The van der Waals surface area contributed by atoms with Crippen LogP contribution in [0.1, 0.15) is 12.8 Å². The van der Waals surface area contributed by atoms with E-state index in [1.165, 1.54) is 12.8 Å². The molecule has 0 bridgehead atoms. The van der Waals surface area contributed by atoms with E-state index in [0.717, 1.165) is 0 Å². The first-order chi connectivity index (χ1) is 5.81. The van der Waals surface area contributed by atoms with Gasteiger partial charge in [-0.25, -0.2) is 0 Å². The third kappa shape index (κ3) is 1.57. The molecule has 0 unspecified atom stereocenters. The minimum atomic E-state index is -1.69. The van der Waals surface area contributed by atoms with Crippen LogP contribution in [0.2, 0.25) is 12.7 Å². The van der Waals surface area contributed by atoms with Gasteiger partial charge < -0.3 is 0 Å². The summed E-state index contributed by atoms with van der Waals surface area (Å²) in [6, 6.07) is 11.3. The molecule has 0 aliphatic carbocycles. The van der Waals surface area contributed by atoms with Crippen LogP contribution >= 0.6 is 0 Å². The van der Waals surface area contributed by atoms with Crippen LogP contribution in [0.15, 0.2) is 30.3 Å². The first-order valence-corrected chi connectivity index (χ1v) is 13.9. The van der Waals surface area contributed by atoms with Crippen LogP contribution < -0.4 is 3.22 Å². The van der Waals surface area contributed by atoms with E-state index in [1.807, 2.05) is 0 Å². The van der Waals surface area contributed by atoms with Crippen molar-refractivity contribution in [1.82, 2.24) is 0 Å². The van der Waals surface area contributed by atoms with E-state index >= 15 is 0 Å². The summed E-state index contributed by atoms with van der Waals surface area (Å²) in [4.78, 5) is 0. The van der Waals surface area contributed by atoms with E-state index in [0.29, 0.717) is 0 Å². The predicted molar refractivity (Wildman–Crippen MR) is 56.5 cm³/mol. The molecule has 0 amide bonds. The van der Waals surface area contributed by atoms with Gasteiger partial charge in [-0.2, -0.15) is 0 Å². The summed E-state index contributed by atoms with van der Waals surface area (Å²) < 4.78 is 7.51. The van der Waals surface area contributed by atoms with Gasteiger partial charge in [0.2, 0.25) is 0 Å². The maximum absolute atomic E-state index is 2.61. The normalized spacial score (nSPS) is 23.8. The molecule has 1 aromatic rings. The Bertz CT molecular complexity index is 247. The molecule has 0 nitrogen and oxygen atoms in total. The standard InChI is InChI=1S/C6H5.C4H8.CH3.Po/c1-2-4-6-5-3-1;1-3-4-2;;/h1-5H;1-4H2;1H3;. The van der Waals surface area contributed by atoms with Gasteiger partial charge in [-0.05, 0) is 0 Å². The van der Waals surface area contributed by atoms with Crippen LogP contribution in [-0.2, 0) is 0 Å². The van der Waals surface area contributed by atoms with Crippen molar-refractivity contribution in [1.29, 1.82) is 0 Å². The molecule has 0 spiro atoms. The van der Waals surface area contributed by atoms with Crippen LogP contribution in [-0.4, -0.2) is 20.6 Å². The predicted octanol–water partition coefficient (Wildman–Crippen LogP) is 2.77. The van der Waals surface area contributed by atoms with Gasteiger partial charge in [0.15, 0.2) is 0 Å². The van der Waals surface area contributed by atoms with E-state index in [4.69, 9.17) is 0 Å². The van der Waals surface area contributed by atoms with Gasteiger partial charge in [-0.3, -0.25) is 0 Å². The zero-order chi connectivity index (χ0) is 8.44. The van der Waals surface area contributed by atoms with Crippen LogP contribution in [0.3, 0.4) is 0 Å². The van der Waals surface area contributed by atoms with Crippen LogP contribution in [0.25, 0.3) is 0 Å². The molecule has 0 saturated carbocycles. The summed E-state index contributed by atoms with van der Waals surface area (Å²) >= 11 is -1.69. The maximum atomic E-state index is 2.61. The Morgan fingerprint density at radius 1 is 1.00 bits per heavy atom. The molecule has 1 saturated heterocycles. The van der Waals surface area contributed by atoms with Crippen molar-refractivity contribution in [3.05, 3.63) is 30.3 Å². The molecule has 1 fully saturated rings. The van der Waals surface area contributed by atoms with Gasteiger partial charge in [0.1, 0.15) is 0 Å². The summed E-state index contributed by atoms with van der Waals surface area (Å²) in [5.41, 5.74) is 0. The quantitative estimate of drug-likeness (QED) is 0.725. The van der Waals surface area contributed by atoms with Crippen molar-refractivity contribution in [2.45, 2.75) is 25.6 Å². The Balaban J connectivity index is 2.29. The van der Waals surface area contributed by atoms with Gasteiger partial charge in [0, 0.05) is 0 Å². The molecular weight excluding hydrogens is 341 g/mol. The molecule has 0 N–H and O–H groups in total. The summed E-state index contributed by atoms with van der Waals surface area (Å²) in [7, 11) is 0. The second kappa shape index (κ2) is 3.47. The van der Waals surface area contributed by atoms with E-state index in [1.54, 1.807) is 11.4 Å². The van der Waals surface area contributed by atoms with Gasteiger partial charge >= 0.3 is 79.7 Å². The first-order valence-electron chi connectivity index (χ1n) is 4.60. The fraction of sp³-hybridized carbons (Fsp3) is 0.455. The van der Waals surface area contributed by atoms with Crippen molar-refractivity contribution < 1.29 is 0 Å². The van der Waals surface area contributed by atoms with E-state index < -0.39 is 20.6 Å². The number of rotatable bonds is 1. The van der Waals surface area contributed by atoms with Crippen molar-refractivity contribution >= 4 is 23.8 Å². The SMILES string of the molecule is [CH3][Po]1([c]2ccccc2)[CH2]CC[CH2]1. The molecule has 1 heterocycles. The zero-order valence-electron chi connectivity index (χ0n) is 7.62. The minimum absolute atomic E-state index is 1.50. The summed E-state index contributed by atoms with van der Waals surface area (Å²) in [5, 5.41) is 0. The average molecular weight is 357 g/mol. The molecule has 1 aliphatic heterocycles. The monoisotopic (exact) mass is 357 g/mol. The summed E-state index contributed by atoms with van der Waals surface area (Å²) in [6.45, 7) is 0. The molecule has 1 heteroatoms. The van der Waals surface area contributed by atoms with Crippen molar-refractivity contribution in [3.8, 4) is 0 Å². The van der Waals surface area contributed by atoms with Crippen LogP contribution in [0.4, 0.5) is 0 Å². The molecule has 66 valence electrons. The zero-order valence-corrected chi connectivity index (χ0v) is 10.8. The average Bonchev–Trinajstić information content (AvgIpc) is 2.55. The third-order valence-corrected chi connectivity index (χ3v) is 17.5. The van der Waals surface area contributed by atoms with Gasteiger partial charge in [-0.1, -0.05) is 0 Å². The Kier molecular flexibility index (Phi) is 2.51. The number of hydrogen-bond donors (Lipinski definition) is 0. The van der Waals surface area contributed by atoms with Crippen molar-refractivity contribution in [2.75, 3.05) is 0 Å².